The van der Waals surface area contributed by atoms with Crippen LogP contribution in [0.1, 0.15) is 18.9 Å². The van der Waals surface area contributed by atoms with E-state index < -0.39 is 10.8 Å². The molecule has 20 heavy (non-hydrogen) atoms. The van der Waals surface area contributed by atoms with Crippen LogP contribution >= 0.6 is 0 Å². The van der Waals surface area contributed by atoms with Crippen LogP contribution in [0, 0.1) is 18.8 Å². The van der Waals surface area contributed by atoms with Crippen LogP contribution < -0.4 is 0 Å². The molecule has 1 aliphatic carbocycles. The highest BCUT2D eigenvalue weighted by molar-refractivity contribution is 7.85. The Morgan fingerprint density at radius 2 is 1.90 bits per heavy atom. The van der Waals surface area contributed by atoms with Gasteiger partial charge in [0.05, 0.1) is 29.1 Å². The molecular formula is C16H20O3S. The zero-order valence-electron chi connectivity index (χ0n) is 12.0. The lowest BCUT2D eigenvalue weighted by molar-refractivity contribution is -0.146. The van der Waals surface area contributed by atoms with E-state index in [2.05, 4.69) is 0 Å². The standard InChI is InChI=1S/C16H20O3S/c1-11-4-7-13(8-5-11)20(18)14-9-6-12(2)15(10-14)16(17)19-3/h4-9,12,14-15H,10H2,1-3H3/t12-,14+,15-,20?/m1/s1. The molecule has 0 heterocycles. The highest BCUT2D eigenvalue weighted by Gasteiger charge is 2.32. The Balaban J connectivity index is 2.17. The second kappa shape index (κ2) is 6.35. The van der Waals surface area contributed by atoms with Gasteiger partial charge in [-0.05, 0) is 31.4 Å². The van der Waals surface area contributed by atoms with Crippen molar-refractivity contribution in [2.24, 2.45) is 11.8 Å². The van der Waals surface area contributed by atoms with Crippen molar-refractivity contribution < 1.29 is 13.7 Å². The number of ether oxygens (including phenoxy) is 1. The Kier molecular flexibility index (Phi) is 4.76. The quantitative estimate of drug-likeness (QED) is 0.635. The largest absolute Gasteiger partial charge is 0.469 e. The van der Waals surface area contributed by atoms with Crippen molar-refractivity contribution in [3.05, 3.63) is 42.0 Å². The van der Waals surface area contributed by atoms with Gasteiger partial charge in [0.1, 0.15) is 0 Å². The van der Waals surface area contributed by atoms with E-state index in [1.807, 2.05) is 50.3 Å². The predicted molar refractivity (Wildman–Crippen MR) is 79.8 cm³/mol. The molecule has 108 valence electrons. The Morgan fingerprint density at radius 1 is 1.25 bits per heavy atom. The number of aryl methyl sites for hydroxylation is 1. The third-order valence-electron chi connectivity index (χ3n) is 3.78. The smallest absolute Gasteiger partial charge is 0.309 e. The molecule has 0 saturated carbocycles. The molecule has 0 radical (unpaired) electrons. The van der Waals surface area contributed by atoms with Crippen LogP contribution in [-0.2, 0) is 20.3 Å². The van der Waals surface area contributed by atoms with Gasteiger partial charge < -0.3 is 4.74 Å². The number of hydrogen-bond donors (Lipinski definition) is 0. The summed E-state index contributed by atoms with van der Waals surface area (Å²) in [6.45, 7) is 3.99. The average molecular weight is 292 g/mol. The lowest BCUT2D eigenvalue weighted by Crippen LogP contribution is -2.31. The first-order valence-electron chi connectivity index (χ1n) is 6.76. The van der Waals surface area contributed by atoms with Crippen LogP contribution in [-0.4, -0.2) is 22.5 Å². The molecule has 0 N–H and O–H groups in total. The van der Waals surface area contributed by atoms with Crippen molar-refractivity contribution in [2.45, 2.75) is 30.4 Å². The summed E-state index contributed by atoms with van der Waals surface area (Å²) in [6, 6.07) is 7.70. The maximum atomic E-state index is 12.6. The van der Waals surface area contributed by atoms with Crippen LogP contribution in [0.4, 0.5) is 0 Å². The molecule has 1 aromatic rings. The monoisotopic (exact) mass is 292 g/mol. The van der Waals surface area contributed by atoms with E-state index in [1.165, 1.54) is 7.11 Å². The van der Waals surface area contributed by atoms with Crippen LogP contribution in [0.5, 0.6) is 0 Å². The molecule has 3 nitrogen and oxygen atoms in total. The molecular weight excluding hydrogens is 272 g/mol. The van der Waals surface area contributed by atoms with E-state index in [0.717, 1.165) is 10.5 Å². The second-order valence-corrected chi connectivity index (χ2v) is 6.93. The van der Waals surface area contributed by atoms with Crippen molar-refractivity contribution in [3.63, 3.8) is 0 Å². The zero-order valence-corrected chi connectivity index (χ0v) is 12.9. The summed E-state index contributed by atoms with van der Waals surface area (Å²) in [6.07, 6.45) is 4.52. The summed E-state index contributed by atoms with van der Waals surface area (Å²) in [5.74, 6) is -0.286. The van der Waals surface area contributed by atoms with Gasteiger partial charge in [-0.1, -0.05) is 36.8 Å². The van der Waals surface area contributed by atoms with E-state index in [0.29, 0.717) is 6.42 Å². The second-order valence-electron chi connectivity index (χ2n) is 5.26. The number of carbonyl (C=O) groups is 1. The molecule has 0 spiro atoms. The molecule has 4 atom stereocenters. The molecule has 2 rings (SSSR count). The van der Waals surface area contributed by atoms with E-state index in [4.69, 9.17) is 4.74 Å². The Morgan fingerprint density at radius 3 is 2.50 bits per heavy atom. The molecule has 0 amide bonds. The molecule has 0 aliphatic heterocycles. The maximum absolute atomic E-state index is 12.6. The van der Waals surface area contributed by atoms with Crippen LogP contribution in [0.15, 0.2) is 41.3 Å². The van der Waals surface area contributed by atoms with Gasteiger partial charge in [0.15, 0.2) is 0 Å². The summed E-state index contributed by atoms with van der Waals surface area (Å²) in [7, 11) is 0.275. The van der Waals surface area contributed by atoms with Gasteiger partial charge in [0.2, 0.25) is 0 Å². The van der Waals surface area contributed by atoms with E-state index in [9.17, 15) is 9.00 Å². The van der Waals surface area contributed by atoms with Gasteiger partial charge in [-0.25, -0.2) is 0 Å². The molecule has 1 aromatic carbocycles. The average Bonchev–Trinajstić information content (AvgIpc) is 2.47. The topological polar surface area (TPSA) is 43.4 Å². The minimum absolute atomic E-state index is 0.127. The van der Waals surface area contributed by atoms with Gasteiger partial charge in [-0.3, -0.25) is 9.00 Å². The van der Waals surface area contributed by atoms with Gasteiger partial charge >= 0.3 is 5.97 Å². The predicted octanol–water partition coefficient (Wildman–Crippen LogP) is 2.86. The first kappa shape index (κ1) is 15.0. The lowest BCUT2D eigenvalue weighted by Gasteiger charge is -2.27. The Hall–Kier alpha value is -1.42. The van der Waals surface area contributed by atoms with E-state index in [-0.39, 0.29) is 23.1 Å². The summed E-state index contributed by atoms with van der Waals surface area (Å²) in [5.41, 5.74) is 1.14. The summed E-state index contributed by atoms with van der Waals surface area (Å²) in [4.78, 5) is 12.6. The Labute approximate surface area is 122 Å². The molecule has 4 heteroatoms. The number of esters is 1. The Bertz CT molecular complexity index is 533. The third-order valence-corrected chi connectivity index (χ3v) is 5.42. The number of rotatable bonds is 3. The SMILES string of the molecule is COC(=O)[C@@H]1C[C@@H](S(=O)c2ccc(C)cc2)C=C[C@H]1C. The maximum Gasteiger partial charge on any atom is 0.309 e. The van der Waals surface area contributed by atoms with Crippen molar-refractivity contribution in [3.8, 4) is 0 Å². The lowest BCUT2D eigenvalue weighted by atomic mass is 9.85. The molecule has 0 bridgehead atoms. The van der Waals surface area contributed by atoms with Crippen LogP contribution in [0.2, 0.25) is 0 Å². The summed E-state index contributed by atoms with van der Waals surface area (Å²) in [5, 5.41) is -0.127. The highest BCUT2D eigenvalue weighted by atomic mass is 32.2. The number of methoxy groups -OCH3 is 1. The minimum Gasteiger partial charge on any atom is -0.469 e. The number of allylic oxidation sites excluding steroid dienone is 1. The summed E-state index contributed by atoms with van der Waals surface area (Å²) >= 11 is 0. The molecule has 0 aromatic heterocycles. The molecule has 0 saturated heterocycles. The van der Waals surface area contributed by atoms with Crippen molar-refractivity contribution in [1.29, 1.82) is 0 Å². The van der Waals surface area contributed by atoms with Crippen LogP contribution in [0.25, 0.3) is 0 Å². The van der Waals surface area contributed by atoms with Crippen molar-refractivity contribution >= 4 is 16.8 Å². The van der Waals surface area contributed by atoms with Gasteiger partial charge in [0, 0.05) is 4.90 Å². The molecule has 1 unspecified atom stereocenters. The fourth-order valence-electron chi connectivity index (χ4n) is 2.44. The van der Waals surface area contributed by atoms with E-state index >= 15 is 0 Å². The molecule has 1 aliphatic rings. The number of carbonyl (C=O) groups excluding carboxylic acids is 1. The highest BCUT2D eigenvalue weighted by Crippen LogP contribution is 2.30. The number of benzene rings is 1. The third kappa shape index (κ3) is 3.18. The normalized spacial score (nSPS) is 27.1. The zero-order chi connectivity index (χ0) is 14.7. The van der Waals surface area contributed by atoms with Crippen LogP contribution in [0.3, 0.4) is 0 Å². The van der Waals surface area contributed by atoms with E-state index in [1.54, 1.807) is 0 Å². The minimum atomic E-state index is -1.13. The van der Waals surface area contributed by atoms with Crippen molar-refractivity contribution in [1.82, 2.24) is 0 Å². The fourth-order valence-corrected chi connectivity index (χ4v) is 3.81. The molecule has 0 fully saturated rings. The fraction of sp³-hybridized carbons (Fsp3) is 0.438. The first-order chi connectivity index (χ1) is 9.52. The van der Waals surface area contributed by atoms with Gasteiger partial charge in [0.25, 0.3) is 0 Å². The van der Waals surface area contributed by atoms with Gasteiger partial charge in [-0.2, -0.15) is 0 Å². The number of hydrogen-bond acceptors (Lipinski definition) is 3. The first-order valence-corrected chi connectivity index (χ1v) is 7.97. The van der Waals surface area contributed by atoms with Crippen molar-refractivity contribution in [2.75, 3.05) is 7.11 Å². The van der Waals surface area contributed by atoms with Gasteiger partial charge in [-0.15, -0.1) is 0 Å². The summed E-state index contributed by atoms with van der Waals surface area (Å²) < 4.78 is 17.4.